The van der Waals surface area contributed by atoms with Gasteiger partial charge in [0.15, 0.2) is 0 Å². The topological polar surface area (TPSA) is 93.2 Å². The van der Waals surface area contributed by atoms with Crippen LogP contribution in [0.5, 0.6) is 11.5 Å². The highest BCUT2D eigenvalue weighted by atomic mass is 16.5. The Morgan fingerprint density at radius 3 is 2.19 bits per heavy atom. The molecule has 2 heterocycles. The smallest absolute Gasteiger partial charge is 0.316 e. The average Bonchev–Trinajstić information content (AvgIpc) is 3.59. The molecule has 0 spiro atoms. The monoisotopic (exact) mass is 498 g/mol. The molecule has 4 fully saturated rings. The predicted octanol–water partition coefficient (Wildman–Crippen LogP) is 3.21. The number of esters is 1. The van der Waals surface area contributed by atoms with Gasteiger partial charge in [0.1, 0.15) is 11.5 Å². The van der Waals surface area contributed by atoms with Crippen molar-refractivity contribution in [3.05, 3.63) is 60.7 Å². The fraction of sp³-hybridized carbons (Fsp3) is 0.379. The molecule has 0 radical (unpaired) electrons. The van der Waals surface area contributed by atoms with E-state index in [-0.39, 0.29) is 54.4 Å². The summed E-state index contributed by atoms with van der Waals surface area (Å²) in [5.41, 5.74) is 1.17. The minimum Gasteiger partial charge on any atom is -0.497 e. The molecular weight excluding hydrogens is 472 g/mol. The molecule has 2 aliphatic heterocycles. The van der Waals surface area contributed by atoms with Gasteiger partial charge in [-0.15, -0.1) is 0 Å². The number of rotatable bonds is 5. The number of nitrogens with zero attached hydrogens (tertiary/aromatic N) is 2. The maximum Gasteiger partial charge on any atom is 0.316 e. The van der Waals surface area contributed by atoms with Crippen LogP contribution in [-0.4, -0.2) is 37.3 Å². The molecule has 2 aromatic rings. The number of anilines is 2. The van der Waals surface area contributed by atoms with E-state index >= 15 is 0 Å². The van der Waals surface area contributed by atoms with Crippen LogP contribution in [0.4, 0.5) is 11.4 Å². The lowest BCUT2D eigenvalue weighted by Gasteiger charge is -2.37. The second-order valence-electron chi connectivity index (χ2n) is 10.7. The van der Waals surface area contributed by atoms with Crippen molar-refractivity contribution in [2.75, 3.05) is 23.5 Å². The van der Waals surface area contributed by atoms with Gasteiger partial charge in [0.25, 0.3) is 0 Å². The van der Waals surface area contributed by atoms with E-state index < -0.39 is 11.9 Å². The van der Waals surface area contributed by atoms with Gasteiger partial charge in [-0.05, 0) is 66.5 Å². The Hall–Kier alpha value is -3.94. The number of allylic oxidation sites excluding steroid dienone is 2. The third kappa shape index (κ3) is 3.35. The summed E-state index contributed by atoms with van der Waals surface area (Å²) >= 11 is 0. The van der Waals surface area contributed by atoms with Crippen molar-refractivity contribution < 1.29 is 28.7 Å². The van der Waals surface area contributed by atoms with E-state index in [4.69, 9.17) is 9.47 Å². The summed E-state index contributed by atoms with van der Waals surface area (Å²) in [5.74, 6) is 0.399. The molecule has 8 heteroatoms. The van der Waals surface area contributed by atoms with Crippen molar-refractivity contribution in [2.24, 2.45) is 41.4 Å². The third-order valence-corrected chi connectivity index (χ3v) is 8.80. The van der Waals surface area contributed by atoms with Crippen LogP contribution in [0.15, 0.2) is 60.7 Å². The van der Waals surface area contributed by atoms with Crippen LogP contribution < -0.4 is 19.3 Å². The number of carbonyl (C=O) groups excluding carboxylic acids is 4. The second-order valence-corrected chi connectivity index (χ2v) is 10.7. The summed E-state index contributed by atoms with van der Waals surface area (Å²) in [7, 11) is 1.56. The Morgan fingerprint density at radius 2 is 1.54 bits per heavy atom. The first kappa shape index (κ1) is 22.3. The normalized spacial score (nSPS) is 33.0. The van der Waals surface area contributed by atoms with Crippen molar-refractivity contribution in [3.63, 3.8) is 0 Å². The minimum absolute atomic E-state index is 0.0615. The molecule has 188 valence electrons. The van der Waals surface area contributed by atoms with Crippen molar-refractivity contribution in [1.29, 1.82) is 0 Å². The molecule has 2 bridgehead atoms. The highest BCUT2D eigenvalue weighted by Gasteiger charge is 2.67. The predicted molar refractivity (Wildman–Crippen MR) is 133 cm³/mol. The van der Waals surface area contributed by atoms with E-state index in [2.05, 4.69) is 12.2 Å². The first-order chi connectivity index (χ1) is 17.9. The van der Waals surface area contributed by atoms with Gasteiger partial charge in [-0.25, -0.2) is 0 Å². The van der Waals surface area contributed by atoms with E-state index in [0.717, 1.165) is 6.42 Å². The van der Waals surface area contributed by atoms with Gasteiger partial charge in [-0.1, -0.05) is 18.2 Å². The zero-order chi connectivity index (χ0) is 25.4. The van der Waals surface area contributed by atoms with Crippen LogP contribution in [-0.2, 0) is 19.2 Å². The number of imide groups is 1. The summed E-state index contributed by atoms with van der Waals surface area (Å²) in [6, 6.07) is 13.6. The molecule has 6 aliphatic rings. The Balaban J connectivity index is 1.03. The second kappa shape index (κ2) is 8.03. The fourth-order valence-corrected chi connectivity index (χ4v) is 6.97. The molecule has 0 unspecified atom stereocenters. The molecule has 37 heavy (non-hydrogen) atoms. The lowest BCUT2D eigenvalue weighted by molar-refractivity contribution is -0.139. The first-order valence-electron chi connectivity index (χ1n) is 12.8. The Kier molecular flexibility index (Phi) is 4.83. The summed E-state index contributed by atoms with van der Waals surface area (Å²) < 4.78 is 10.8. The molecule has 2 saturated heterocycles. The van der Waals surface area contributed by atoms with Crippen LogP contribution in [0, 0.1) is 41.4 Å². The SMILES string of the molecule is COc1cccc(N2C[C@H](C(=O)Oc3ccc(N4C(=O)[C@@H]5[C@H]6C=C[C@@H]([C@@H]7C[C@@H]67)[C@@H]5C4=O)cc3)CC2=O)c1. The lowest BCUT2D eigenvalue weighted by atomic mass is 9.63. The van der Waals surface area contributed by atoms with Gasteiger partial charge < -0.3 is 14.4 Å². The molecule has 2 aromatic carbocycles. The largest absolute Gasteiger partial charge is 0.497 e. The molecule has 2 saturated carbocycles. The fourth-order valence-electron chi connectivity index (χ4n) is 6.97. The zero-order valence-corrected chi connectivity index (χ0v) is 20.3. The number of benzene rings is 2. The van der Waals surface area contributed by atoms with Gasteiger partial charge in [-0.3, -0.25) is 24.1 Å². The average molecular weight is 499 g/mol. The number of ether oxygens (including phenoxy) is 2. The first-order valence-corrected chi connectivity index (χ1v) is 12.8. The number of methoxy groups -OCH3 is 1. The van der Waals surface area contributed by atoms with Crippen molar-refractivity contribution in [3.8, 4) is 11.5 Å². The van der Waals surface area contributed by atoms with Gasteiger partial charge in [0.2, 0.25) is 17.7 Å². The molecular formula is C29H26N2O6. The van der Waals surface area contributed by atoms with E-state index in [9.17, 15) is 19.2 Å². The summed E-state index contributed by atoms with van der Waals surface area (Å²) in [6.45, 7) is 0.223. The molecule has 8 rings (SSSR count). The Bertz CT molecular complexity index is 1330. The van der Waals surface area contributed by atoms with Crippen LogP contribution >= 0.6 is 0 Å². The molecule has 7 atom stereocenters. The summed E-state index contributed by atoms with van der Waals surface area (Å²) in [4.78, 5) is 54.9. The van der Waals surface area contributed by atoms with E-state index in [1.165, 1.54) is 4.90 Å². The maximum absolute atomic E-state index is 13.3. The van der Waals surface area contributed by atoms with Crippen LogP contribution in [0.2, 0.25) is 0 Å². The van der Waals surface area contributed by atoms with E-state index in [1.807, 2.05) is 0 Å². The van der Waals surface area contributed by atoms with Crippen LogP contribution in [0.3, 0.4) is 0 Å². The third-order valence-electron chi connectivity index (χ3n) is 8.80. The molecule has 3 amide bonds. The van der Waals surface area contributed by atoms with Gasteiger partial charge in [0, 0.05) is 24.7 Å². The standard InChI is InChI=1S/C29H26N2O6/c1-36-19-4-2-3-17(12-19)30-14-15(11-24(30)32)29(35)37-18-7-5-16(6-8-18)31-27(33)25-20-9-10-21(23-13-22(20)23)26(25)28(31)34/h2-10,12,15,20-23,25-26H,11,13-14H2,1H3/t15-,20+,21+,22+,23+,25-,26+/m1/s1. The van der Waals surface area contributed by atoms with Crippen molar-refractivity contribution in [1.82, 2.24) is 0 Å². The number of carbonyl (C=O) groups is 4. The molecule has 4 aliphatic carbocycles. The highest BCUT2D eigenvalue weighted by Crippen LogP contribution is 2.65. The van der Waals surface area contributed by atoms with Crippen molar-refractivity contribution in [2.45, 2.75) is 12.8 Å². The lowest BCUT2D eigenvalue weighted by Crippen LogP contribution is -2.40. The highest BCUT2D eigenvalue weighted by molar-refractivity contribution is 6.22. The molecule has 8 nitrogen and oxygen atoms in total. The quantitative estimate of drug-likeness (QED) is 0.272. The van der Waals surface area contributed by atoms with Crippen LogP contribution in [0.1, 0.15) is 12.8 Å². The molecule has 0 aromatic heterocycles. The maximum atomic E-state index is 13.3. The summed E-state index contributed by atoms with van der Waals surface area (Å²) in [5, 5.41) is 0. The number of hydrogen-bond acceptors (Lipinski definition) is 6. The van der Waals surface area contributed by atoms with Gasteiger partial charge in [-0.2, -0.15) is 0 Å². The molecule has 0 N–H and O–H groups in total. The van der Waals surface area contributed by atoms with E-state index in [0.29, 0.717) is 34.7 Å². The number of hydrogen-bond donors (Lipinski definition) is 0. The van der Waals surface area contributed by atoms with Gasteiger partial charge >= 0.3 is 5.97 Å². The zero-order valence-electron chi connectivity index (χ0n) is 20.3. The Morgan fingerprint density at radius 1 is 0.865 bits per heavy atom. The number of amides is 3. The van der Waals surface area contributed by atoms with E-state index in [1.54, 1.807) is 60.5 Å². The van der Waals surface area contributed by atoms with Crippen LogP contribution in [0.25, 0.3) is 0 Å². The van der Waals surface area contributed by atoms with Gasteiger partial charge in [0.05, 0.1) is 30.6 Å². The minimum atomic E-state index is -0.599. The Labute approximate surface area is 213 Å². The van der Waals surface area contributed by atoms with Crippen molar-refractivity contribution >= 4 is 35.1 Å². The summed E-state index contributed by atoms with van der Waals surface area (Å²) in [6.07, 6.45) is 5.49.